The Morgan fingerprint density at radius 2 is 1.78 bits per heavy atom. The SMILES string of the molecule is COP(=O)(/C=C(\NC(C)=O)c1ccccc1)OC. The first-order valence-electron chi connectivity index (χ1n) is 5.28. The molecule has 18 heavy (non-hydrogen) atoms. The number of benzene rings is 1. The van der Waals surface area contributed by atoms with Crippen molar-refractivity contribution in [3.05, 3.63) is 41.7 Å². The Morgan fingerprint density at radius 3 is 2.22 bits per heavy atom. The Kier molecular flexibility index (Phi) is 5.28. The van der Waals surface area contributed by atoms with Crippen LogP contribution in [0.1, 0.15) is 12.5 Å². The summed E-state index contributed by atoms with van der Waals surface area (Å²) in [5.41, 5.74) is 1.12. The van der Waals surface area contributed by atoms with Gasteiger partial charge in [0.25, 0.3) is 0 Å². The van der Waals surface area contributed by atoms with Crippen LogP contribution in [0.3, 0.4) is 0 Å². The van der Waals surface area contributed by atoms with Crippen molar-refractivity contribution in [1.82, 2.24) is 5.32 Å². The van der Waals surface area contributed by atoms with Gasteiger partial charge >= 0.3 is 7.60 Å². The molecule has 5 nitrogen and oxygen atoms in total. The lowest BCUT2D eigenvalue weighted by atomic mass is 10.2. The van der Waals surface area contributed by atoms with E-state index in [0.717, 1.165) is 5.56 Å². The molecule has 0 bridgehead atoms. The van der Waals surface area contributed by atoms with Crippen molar-refractivity contribution in [2.45, 2.75) is 6.92 Å². The van der Waals surface area contributed by atoms with Gasteiger partial charge in [-0.15, -0.1) is 0 Å². The zero-order valence-electron chi connectivity index (χ0n) is 10.5. The largest absolute Gasteiger partial charge is 0.355 e. The van der Waals surface area contributed by atoms with Crippen LogP contribution in [0.5, 0.6) is 0 Å². The lowest BCUT2D eigenvalue weighted by molar-refractivity contribution is -0.117. The second kappa shape index (κ2) is 6.50. The minimum Gasteiger partial charge on any atom is -0.325 e. The van der Waals surface area contributed by atoms with Crippen LogP contribution in [0, 0.1) is 0 Å². The molecule has 6 heteroatoms. The van der Waals surface area contributed by atoms with Gasteiger partial charge in [0.05, 0.1) is 11.5 Å². The van der Waals surface area contributed by atoms with Gasteiger partial charge in [0.2, 0.25) is 5.91 Å². The van der Waals surface area contributed by atoms with E-state index in [0.29, 0.717) is 5.70 Å². The number of carbonyl (C=O) groups excluding carboxylic acids is 1. The Bertz CT molecular complexity index is 476. The summed E-state index contributed by atoms with van der Waals surface area (Å²) < 4.78 is 21.7. The van der Waals surface area contributed by atoms with Crippen molar-refractivity contribution in [2.24, 2.45) is 0 Å². The highest BCUT2D eigenvalue weighted by Crippen LogP contribution is 2.49. The molecule has 0 aliphatic heterocycles. The maximum atomic E-state index is 12.0. The predicted octanol–water partition coefficient (Wildman–Crippen LogP) is 2.61. The molecule has 1 aromatic carbocycles. The molecular weight excluding hydrogens is 253 g/mol. The molecule has 1 N–H and O–H groups in total. The van der Waals surface area contributed by atoms with E-state index in [9.17, 15) is 9.36 Å². The van der Waals surface area contributed by atoms with E-state index >= 15 is 0 Å². The molecule has 0 fully saturated rings. The third-order valence-corrected chi connectivity index (χ3v) is 3.78. The Morgan fingerprint density at radius 1 is 1.22 bits per heavy atom. The summed E-state index contributed by atoms with van der Waals surface area (Å²) in [5, 5.41) is 2.61. The molecule has 98 valence electrons. The van der Waals surface area contributed by atoms with Gasteiger partial charge in [-0.3, -0.25) is 9.36 Å². The van der Waals surface area contributed by atoms with Gasteiger partial charge < -0.3 is 14.4 Å². The molecule has 0 saturated carbocycles. The number of nitrogens with one attached hydrogen (secondary N) is 1. The standard InChI is InChI=1S/C12H16NO4P/c1-10(14)13-12(9-18(15,16-2)17-3)11-7-5-4-6-8-11/h4-9H,1-3H3,(H,13,14)/b12-9-. The van der Waals surface area contributed by atoms with Crippen molar-refractivity contribution in [3.8, 4) is 0 Å². The number of hydrogen-bond acceptors (Lipinski definition) is 4. The van der Waals surface area contributed by atoms with Crippen molar-refractivity contribution >= 4 is 19.2 Å². The second-order valence-electron chi connectivity index (χ2n) is 3.49. The molecule has 0 unspecified atom stereocenters. The first-order chi connectivity index (χ1) is 8.50. The molecule has 0 saturated heterocycles. The molecule has 0 aliphatic carbocycles. The van der Waals surface area contributed by atoms with E-state index in [-0.39, 0.29) is 5.91 Å². The van der Waals surface area contributed by atoms with Crippen LogP contribution < -0.4 is 5.32 Å². The highest BCUT2D eigenvalue weighted by Gasteiger charge is 2.19. The molecule has 0 aliphatic rings. The first kappa shape index (κ1) is 14.6. The third-order valence-electron chi connectivity index (χ3n) is 2.19. The predicted molar refractivity (Wildman–Crippen MR) is 69.9 cm³/mol. The molecular formula is C12H16NO4P. The van der Waals surface area contributed by atoms with E-state index in [4.69, 9.17) is 9.05 Å². The highest BCUT2D eigenvalue weighted by molar-refractivity contribution is 7.57. The van der Waals surface area contributed by atoms with Crippen LogP contribution in [0.15, 0.2) is 36.1 Å². The zero-order valence-corrected chi connectivity index (χ0v) is 11.4. The van der Waals surface area contributed by atoms with Gasteiger partial charge in [0, 0.05) is 21.1 Å². The molecule has 0 spiro atoms. The average Bonchev–Trinajstić information content (AvgIpc) is 2.38. The summed E-state index contributed by atoms with van der Waals surface area (Å²) in [6.07, 6.45) is 0. The van der Waals surface area contributed by atoms with Gasteiger partial charge in [-0.1, -0.05) is 30.3 Å². The number of carbonyl (C=O) groups is 1. The Labute approximate surface area is 106 Å². The van der Waals surface area contributed by atoms with Gasteiger partial charge in [-0.05, 0) is 5.56 Å². The molecule has 1 aromatic rings. The summed E-state index contributed by atoms with van der Waals surface area (Å²) in [6.45, 7) is 1.38. The van der Waals surface area contributed by atoms with Gasteiger partial charge in [0.15, 0.2) is 0 Å². The van der Waals surface area contributed by atoms with Crippen LogP contribution in [0.4, 0.5) is 0 Å². The van der Waals surface area contributed by atoms with Crippen LogP contribution in [-0.2, 0) is 18.4 Å². The van der Waals surface area contributed by atoms with Crippen molar-refractivity contribution in [3.63, 3.8) is 0 Å². The zero-order chi connectivity index (χ0) is 13.6. The van der Waals surface area contributed by atoms with Crippen LogP contribution in [0.2, 0.25) is 0 Å². The summed E-state index contributed by atoms with van der Waals surface area (Å²) >= 11 is 0. The molecule has 0 atom stereocenters. The van der Waals surface area contributed by atoms with E-state index in [1.165, 1.54) is 27.0 Å². The average molecular weight is 269 g/mol. The van der Waals surface area contributed by atoms with Gasteiger partial charge in [-0.25, -0.2) is 0 Å². The lowest BCUT2D eigenvalue weighted by Gasteiger charge is -2.13. The fourth-order valence-electron chi connectivity index (χ4n) is 1.32. The number of rotatable bonds is 5. The van der Waals surface area contributed by atoms with Crippen molar-refractivity contribution < 1.29 is 18.4 Å². The second-order valence-corrected chi connectivity index (χ2v) is 5.56. The maximum absolute atomic E-state index is 12.0. The first-order valence-corrected chi connectivity index (χ1v) is 6.89. The monoisotopic (exact) mass is 269 g/mol. The molecule has 1 rings (SSSR count). The molecule has 0 aromatic heterocycles. The van der Waals surface area contributed by atoms with Crippen LogP contribution >= 0.6 is 7.60 Å². The van der Waals surface area contributed by atoms with Crippen molar-refractivity contribution in [1.29, 1.82) is 0 Å². The quantitative estimate of drug-likeness (QED) is 0.834. The fraction of sp³-hybridized carbons (Fsp3) is 0.250. The van der Waals surface area contributed by atoms with Crippen LogP contribution in [-0.4, -0.2) is 20.1 Å². The summed E-state index contributed by atoms with van der Waals surface area (Å²) in [7, 11) is -0.758. The lowest BCUT2D eigenvalue weighted by Crippen LogP contribution is -2.18. The van der Waals surface area contributed by atoms with E-state index in [2.05, 4.69) is 5.32 Å². The molecule has 0 heterocycles. The normalized spacial score (nSPS) is 12.3. The minimum absolute atomic E-state index is 0.260. The van der Waals surface area contributed by atoms with Crippen molar-refractivity contribution in [2.75, 3.05) is 14.2 Å². The smallest absolute Gasteiger partial charge is 0.325 e. The maximum Gasteiger partial charge on any atom is 0.355 e. The number of hydrogen-bond donors (Lipinski definition) is 1. The summed E-state index contributed by atoms with van der Waals surface area (Å²) in [6, 6.07) is 9.06. The van der Waals surface area contributed by atoms with Gasteiger partial charge in [0.1, 0.15) is 0 Å². The molecule has 1 amide bonds. The summed E-state index contributed by atoms with van der Waals surface area (Å²) in [4.78, 5) is 11.2. The summed E-state index contributed by atoms with van der Waals surface area (Å²) in [5.74, 6) is 1.04. The fourth-order valence-corrected chi connectivity index (χ4v) is 2.21. The molecule has 0 radical (unpaired) electrons. The van der Waals surface area contributed by atoms with E-state index < -0.39 is 7.60 Å². The van der Waals surface area contributed by atoms with E-state index in [1.807, 2.05) is 18.2 Å². The highest BCUT2D eigenvalue weighted by atomic mass is 31.2. The number of amides is 1. The van der Waals surface area contributed by atoms with Gasteiger partial charge in [-0.2, -0.15) is 0 Å². The minimum atomic E-state index is -3.34. The Balaban J connectivity index is 3.18. The topological polar surface area (TPSA) is 64.6 Å². The van der Waals surface area contributed by atoms with Crippen LogP contribution in [0.25, 0.3) is 5.70 Å². The van der Waals surface area contributed by atoms with E-state index in [1.54, 1.807) is 12.1 Å². The Hall–Kier alpha value is -1.42. The third kappa shape index (κ3) is 4.11.